The molecule has 0 heterocycles. The van der Waals surface area contributed by atoms with E-state index in [0.29, 0.717) is 22.3 Å². The molecule has 2 atom stereocenters. The molecule has 1 aliphatic rings. The van der Waals surface area contributed by atoms with E-state index in [2.05, 4.69) is 9.44 Å². The SMILES string of the molecule is O=[N+]([O-])c1ccccc1S(=O)(=O)N[C@@H]1c2ccccc2-c2ccccc2[C@H]1NS(=O)(=O)c1ccccc1[N+](=O)[O-]. The molecule has 12 nitrogen and oxygen atoms in total. The summed E-state index contributed by atoms with van der Waals surface area (Å²) >= 11 is 0. The first-order valence-corrected chi connectivity index (χ1v) is 14.7. The Morgan fingerprint density at radius 3 is 1.23 bits per heavy atom. The average molecular weight is 581 g/mol. The van der Waals surface area contributed by atoms with Crippen LogP contribution in [0, 0.1) is 20.2 Å². The smallest absolute Gasteiger partial charge is 0.258 e. The van der Waals surface area contributed by atoms with Gasteiger partial charge >= 0.3 is 0 Å². The van der Waals surface area contributed by atoms with Gasteiger partial charge in [0.25, 0.3) is 11.4 Å². The number of benzene rings is 4. The molecule has 0 fully saturated rings. The lowest BCUT2D eigenvalue weighted by molar-refractivity contribution is -0.388. The number of rotatable bonds is 8. The van der Waals surface area contributed by atoms with Gasteiger partial charge in [-0.15, -0.1) is 0 Å². The Morgan fingerprint density at radius 2 is 0.850 bits per heavy atom. The number of nitro benzene ring substituents is 2. The molecule has 0 bridgehead atoms. The number of nitro groups is 2. The molecule has 2 N–H and O–H groups in total. The van der Waals surface area contributed by atoms with Gasteiger partial charge in [-0.3, -0.25) is 20.2 Å². The zero-order valence-corrected chi connectivity index (χ0v) is 22.0. The van der Waals surface area contributed by atoms with E-state index in [1.54, 1.807) is 48.5 Å². The Hall–Kier alpha value is -4.50. The van der Waals surface area contributed by atoms with Crippen molar-refractivity contribution in [2.24, 2.45) is 0 Å². The summed E-state index contributed by atoms with van der Waals surface area (Å²) in [7, 11) is -9.18. The predicted octanol–water partition coefficient (Wildman–Crippen LogP) is 4.22. The summed E-state index contributed by atoms with van der Waals surface area (Å²) in [6.45, 7) is 0. The molecule has 0 aliphatic heterocycles. The van der Waals surface area contributed by atoms with E-state index >= 15 is 0 Å². The fraction of sp³-hybridized carbons (Fsp3) is 0.0769. The standard InChI is InChI=1S/C26H20N4O8S2/c31-29(32)21-13-5-7-15-23(21)39(35,36)27-25-19-11-3-1-9-17(19)18-10-2-4-12-20(18)26(25)28-40(37,38)24-16-8-6-14-22(24)30(33)34/h1-16,25-28H/t25-,26-/m1/s1. The van der Waals surface area contributed by atoms with Gasteiger partial charge in [0, 0.05) is 12.1 Å². The van der Waals surface area contributed by atoms with Crippen LogP contribution in [-0.2, 0) is 20.0 Å². The average Bonchev–Trinajstić information content (AvgIpc) is 2.94. The van der Waals surface area contributed by atoms with Crippen LogP contribution in [0.1, 0.15) is 23.2 Å². The monoisotopic (exact) mass is 580 g/mol. The minimum atomic E-state index is -4.59. The van der Waals surface area contributed by atoms with Gasteiger partial charge in [-0.25, -0.2) is 26.3 Å². The molecule has 0 aromatic heterocycles. The molecular formula is C26H20N4O8S2. The summed E-state index contributed by atoms with van der Waals surface area (Å²) in [6.07, 6.45) is 0. The topological polar surface area (TPSA) is 179 Å². The Bertz CT molecular complexity index is 1740. The Kier molecular flexibility index (Phi) is 6.93. The third-order valence-electron chi connectivity index (χ3n) is 6.48. The molecule has 1 aliphatic carbocycles. The maximum absolute atomic E-state index is 13.6. The van der Waals surface area contributed by atoms with Gasteiger partial charge in [0.15, 0.2) is 9.79 Å². The minimum absolute atomic E-state index is 0.402. The summed E-state index contributed by atoms with van der Waals surface area (Å²) in [5.74, 6) is 0. The van der Waals surface area contributed by atoms with Crippen molar-refractivity contribution in [2.75, 3.05) is 0 Å². The van der Waals surface area contributed by atoms with Gasteiger partial charge in [-0.05, 0) is 34.4 Å². The summed E-state index contributed by atoms with van der Waals surface area (Å²) in [4.78, 5) is 20.3. The van der Waals surface area contributed by atoms with Crippen LogP contribution in [0.2, 0.25) is 0 Å². The number of nitrogens with zero attached hydrogens (tertiary/aromatic N) is 2. The molecule has 0 saturated carbocycles. The molecule has 5 rings (SSSR count). The molecule has 204 valence electrons. The van der Waals surface area contributed by atoms with E-state index < -0.39 is 63.1 Å². The maximum atomic E-state index is 13.6. The lowest BCUT2D eigenvalue weighted by atomic mass is 9.80. The zero-order valence-electron chi connectivity index (χ0n) is 20.4. The first kappa shape index (κ1) is 27.1. The van der Waals surface area contributed by atoms with Crippen LogP contribution in [0.5, 0.6) is 0 Å². The van der Waals surface area contributed by atoms with E-state index in [1.807, 2.05) is 0 Å². The number of hydrogen-bond donors (Lipinski definition) is 2. The second kappa shape index (κ2) is 10.2. The molecule has 0 spiro atoms. The van der Waals surface area contributed by atoms with Crippen molar-refractivity contribution >= 4 is 31.4 Å². The molecule has 0 unspecified atom stereocenters. The summed E-state index contributed by atoms with van der Waals surface area (Å²) in [5.41, 5.74) is 0.731. The highest BCUT2D eigenvalue weighted by Crippen LogP contribution is 2.46. The number of nitrogens with one attached hydrogen (secondary N) is 2. The minimum Gasteiger partial charge on any atom is -0.258 e. The first-order chi connectivity index (χ1) is 19.0. The molecule has 40 heavy (non-hydrogen) atoms. The van der Waals surface area contributed by atoms with E-state index in [9.17, 15) is 37.1 Å². The van der Waals surface area contributed by atoms with Gasteiger partial charge in [0.05, 0.1) is 21.9 Å². The van der Waals surface area contributed by atoms with Crippen molar-refractivity contribution in [3.05, 3.63) is 128 Å². The predicted molar refractivity (Wildman–Crippen MR) is 144 cm³/mol. The highest BCUT2D eigenvalue weighted by Gasteiger charge is 2.41. The van der Waals surface area contributed by atoms with E-state index in [1.165, 1.54) is 24.3 Å². The Balaban J connectivity index is 1.68. The maximum Gasteiger partial charge on any atom is 0.289 e. The van der Waals surface area contributed by atoms with Gasteiger partial charge in [0.2, 0.25) is 20.0 Å². The Morgan fingerprint density at radius 1 is 0.525 bits per heavy atom. The number of hydrogen-bond acceptors (Lipinski definition) is 8. The van der Waals surface area contributed by atoms with Crippen LogP contribution < -0.4 is 9.44 Å². The van der Waals surface area contributed by atoms with E-state index in [0.717, 1.165) is 24.3 Å². The van der Waals surface area contributed by atoms with Crippen molar-refractivity contribution in [1.29, 1.82) is 0 Å². The fourth-order valence-corrected chi connectivity index (χ4v) is 7.58. The third kappa shape index (κ3) is 4.84. The Labute approximate surface area is 228 Å². The van der Waals surface area contributed by atoms with Crippen molar-refractivity contribution < 1.29 is 26.7 Å². The normalized spacial score (nSPS) is 16.5. The molecule has 4 aromatic rings. The van der Waals surface area contributed by atoms with Crippen LogP contribution >= 0.6 is 0 Å². The van der Waals surface area contributed by atoms with Crippen molar-refractivity contribution in [1.82, 2.24) is 9.44 Å². The van der Waals surface area contributed by atoms with Crippen molar-refractivity contribution in [2.45, 2.75) is 21.9 Å². The molecule has 0 amide bonds. The van der Waals surface area contributed by atoms with Gasteiger partial charge in [-0.2, -0.15) is 0 Å². The van der Waals surface area contributed by atoms with Crippen molar-refractivity contribution in [3.8, 4) is 11.1 Å². The van der Waals surface area contributed by atoms with Crippen LogP contribution in [0.15, 0.2) is 107 Å². The molecule has 14 heteroatoms. The number of sulfonamides is 2. The zero-order chi connectivity index (χ0) is 28.7. The quantitative estimate of drug-likeness (QED) is 0.230. The highest BCUT2D eigenvalue weighted by atomic mass is 32.2. The van der Waals surface area contributed by atoms with E-state index in [-0.39, 0.29) is 0 Å². The van der Waals surface area contributed by atoms with Gasteiger partial charge < -0.3 is 0 Å². The molecule has 4 aromatic carbocycles. The second-order valence-corrected chi connectivity index (χ2v) is 12.2. The fourth-order valence-electron chi connectivity index (χ4n) is 4.78. The molecular weight excluding hydrogens is 560 g/mol. The lowest BCUT2D eigenvalue weighted by Gasteiger charge is -2.36. The second-order valence-electron chi connectivity index (χ2n) is 8.82. The summed E-state index contributed by atoms with van der Waals surface area (Å²) < 4.78 is 59.3. The number of para-hydroxylation sites is 2. The lowest BCUT2D eigenvalue weighted by Crippen LogP contribution is -2.42. The van der Waals surface area contributed by atoms with Crippen LogP contribution in [-0.4, -0.2) is 26.7 Å². The van der Waals surface area contributed by atoms with Gasteiger partial charge in [0.1, 0.15) is 0 Å². The highest BCUT2D eigenvalue weighted by molar-refractivity contribution is 7.90. The molecule has 0 radical (unpaired) electrons. The van der Waals surface area contributed by atoms with Crippen LogP contribution in [0.25, 0.3) is 11.1 Å². The van der Waals surface area contributed by atoms with E-state index in [4.69, 9.17) is 0 Å². The molecule has 0 saturated heterocycles. The van der Waals surface area contributed by atoms with Gasteiger partial charge in [-0.1, -0.05) is 72.8 Å². The summed E-state index contributed by atoms with van der Waals surface area (Å²) in [6, 6.07) is 20.5. The van der Waals surface area contributed by atoms with Crippen molar-refractivity contribution in [3.63, 3.8) is 0 Å². The third-order valence-corrected chi connectivity index (χ3v) is 9.46. The van der Waals surface area contributed by atoms with Crippen LogP contribution in [0.3, 0.4) is 0 Å². The summed E-state index contributed by atoms with van der Waals surface area (Å²) in [5, 5.41) is 23.2. The largest absolute Gasteiger partial charge is 0.289 e. The van der Waals surface area contributed by atoms with Crippen LogP contribution in [0.4, 0.5) is 11.4 Å². The number of fused-ring (bicyclic) bond motifs is 3. The first-order valence-electron chi connectivity index (χ1n) is 11.7.